The van der Waals surface area contributed by atoms with Crippen molar-refractivity contribution >= 4 is 11.8 Å². The first kappa shape index (κ1) is 17.7. The van der Waals surface area contributed by atoms with Gasteiger partial charge in [0.1, 0.15) is 11.6 Å². The quantitative estimate of drug-likeness (QED) is 0.841. The highest BCUT2D eigenvalue weighted by atomic mass is 19.1. The predicted molar refractivity (Wildman–Crippen MR) is 87.7 cm³/mol. The normalized spacial score (nSPS) is 10.5. The summed E-state index contributed by atoms with van der Waals surface area (Å²) in [6.07, 6.45) is 3.71. The van der Waals surface area contributed by atoms with E-state index >= 15 is 0 Å². The number of benzene rings is 1. The molecule has 1 heterocycles. The monoisotopic (exact) mass is 332 g/mol. The van der Waals surface area contributed by atoms with Crippen LogP contribution in [-0.2, 0) is 17.9 Å². The van der Waals surface area contributed by atoms with E-state index in [0.717, 1.165) is 12.4 Å². The lowest BCUT2D eigenvalue weighted by molar-refractivity contribution is -0.130. The number of halogens is 1. The van der Waals surface area contributed by atoms with Gasteiger partial charge in [-0.3, -0.25) is 9.59 Å². The number of aromatic nitrogens is 2. The van der Waals surface area contributed by atoms with Crippen molar-refractivity contribution < 1.29 is 14.0 Å². The van der Waals surface area contributed by atoms with Crippen LogP contribution in [0.2, 0.25) is 0 Å². The summed E-state index contributed by atoms with van der Waals surface area (Å²) >= 11 is 0. The van der Waals surface area contributed by atoms with E-state index < -0.39 is 11.7 Å². The van der Waals surface area contributed by atoms with Crippen LogP contribution in [-0.4, -0.2) is 39.9 Å². The molecular formula is C17H21FN4O2. The SMILES string of the molecule is CCn1ccnc1CN(C)C(=O)CCNC(=O)c1ccccc1F. The molecule has 2 amide bonds. The molecule has 128 valence electrons. The number of amides is 2. The molecule has 0 aliphatic carbocycles. The molecule has 2 aromatic rings. The van der Waals surface area contributed by atoms with Gasteiger partial charge in [-0.25, -0.2) is 9.37 Å². The summed E-state index contributed by atoms with van der Waals surface area (Å²) in [6.45, 7) is 3.35. The molecule has 0 unspecified atom stereocenters. The van der Waals surface area contributed by atoms with Gasteiger partial charge < -0.3 is 14.8 Å². The first-order chi connectivity index (χ1) is 11.5. The van der Waals surface area contributed by atoms with Gasteiger partial charge in [0.25, 0.3) is 5.91 Å². The topological polar surface area (TPSA) is 67.2 Å². The number of hydrogen-bond donors (Lipinski definition) is 1. The molecule has 0 bridgehead atoms. The van der Waals surface area contributed by atoms with E-state index in [-0.39, 0.29) is 24.4 Å². The Morgan fingerprint density at radius 3 is 2.79 bits per heavy atom. The van der Waals surface area contributed by atoms with Crippen LogP contribution in [0.3, 0.4) is 0 Å². The Morgan fingerprint density at radius 1 is 1.33 bits per heavy atom. The molecule has 2 rings (SSSR count). The van der Waals surface area contributed by atoms with Crippen LogP contribution in [0, 0.1) is 5.82 Å². The minimum atomic E-state index is -0.579. The van der Waals surface area contributed by atoms with E-state index in [2.05, 4.69) is 10.3 Å². The fraction of sp³-hybridized carbons (Fsp3) is 0.353. The zero-order valence-electron chi connectivity index (χ0n) is 13.8. The van der Waals surface area contributed by atoms with Crippen LogP contribution >= 0.6 is 0 Å². The maximum Gasteiger partial charge on any atom is 0.254 e. The Balaban J connectivity index is 1.80. The Hall–Kier alpha value is -2.70. The summed E-state index contributed by atoms with van der Waals surface area (Å²) < 4.78 is 15.5. The van der Waals surface area contributed by atoms with Gasteiger partial charge in [0, 0.05) is 39.0 Å². The number of nitrogens with zero attached hydrogens (tertiary/aromatic N) is 3. The number of imidazole rings is 1. The fourth-order valence-corrected chi connectivity index (χ4v) is 2.29. The van der Waals surface area contributed by atoms with E-state index in [1.807, 2.05) is 17.7 Å². The summed E-state index contributed by atoms with van der Waals surface area (Å²) in [5.41, 5.74) is -0.0247. The van der Waals surface area contributed by atoms with Gasteiger partial charge in [-0.15, -0.1) is 0 Å². The molecule has 0 aliphatic rings. The van der Waals surface area contributed by atoms with Gasteiger partial charge >= 0.3 is 0 Å². The first-order valence-electron chi connectivity index (χ1n) is 7.79. The average Bonchev–Trinajstić information content (AvgIpc) is 3.02. The highest BCUT2D eigenvalue weighted by Gasteiger charge is 2.14. The average molecular weight is 332 g/mol. The Kier molecular flexibility index (Phi) is 6.06. The lowest BCUT2D eigenvalue weighted by Crippen LogP contribution is -2.32. The molecule has 0 atom stereocenters. The second-order valence-corrected chi connectivity index (χ2v) is 5.37. The molecule has 1 N–H and O–H groups in total. The Bertz CT molecular complexity index is 714. The molecular weight excluding hydrogens is 311 g/mol. The van der Waals surface area contributed by atoms with Crippen molar-refractivity contribution in [3.8, 4) is 0 Å². The highest BCUT2D eigenvalue weighted by Crippen LogP contribution is 2.06. The molecule has 6 nitrogen and oxygen atoms in total. The molecule has 0 spiro atoms. The van der Waals surface area contributed by atoms with Crippen molar-refractivity contribution in [2.75, 3.05) is 13.6 Å². The van der Waals surface area contributed by atoms with E-state index in [9.17, 15) is 14.0 Å². The summed E-state index contributed by atoms with van der Waals surface area (Å²) in [5, 5.41) is 2.56. The van der Waals surface area contributed by atoms with E-state index in [1.54, 1.807) is 24.2 Å². The van der Waals surface area contributed by atoms with Crippen molar-refractivity contribution in [1.29, 1.82) is 0 Å². The Morgan fingerprint density at radius 2 is 2.08 bits per heavy atom. The number of rotatable bonds is 7. The van der Waals surface area contributed by atoms with Crippen molar-refractivity contribution in [3.05, 3.63) is 53.9 Å². The number of carbonyl (C=O) groups is 2. The summed E-state index contributed by atoms with van der Waals surface area (Å²) in [7, 11) is 1.69. The molecule has 0 fully saturated rings. The van der Waals surface area contributed by atoms with Crippen molar-refractivity contribution in [3.63, 3.8) is 0 Å². The van der Waals surface area contributed by atoms with Crippen molar-refractivity contribution in [2.24, 2.45) is 0 Å². The standard InChI is InChI=1S/C17H21FN4O2/c1-3-22-11-10-19-15(22)12-21(2)16(23)8-9-20-17(24)13-6-4-5-7-14(13)18/h4-7,10-11H,3,8-9,12H2,1-2H3,(H,20,24). The molecule has 0 saturated heterocycles. The second-order valence-electron chi connectivity index (χ2n) is 5.37. The number of nitrogens with one attached hydrogen (secondary N) is 1. The number of hydrogen-bond acceptors (Lipinski definition) is 3. The van der Waals surface area contributed by atoms with Gasteiger partial charge in [0.2, 0.25) is 5.91 Å². The smallest absolute Gasteiger partial charge is 0.254 e. The van der Waals surface area contributed by atoms with Crippen molar-refractivity contribution in [1.82, 2.24) is 19.8 Å². The third-order valence-electron chi connectivity index (χ3n) is 3.69. The molecule has 7 heteroatoms. The van der Waals surface area contributed by atoms with Crippen LogP contribution in [0.1, 0.15) is 29.5 Å². The van der Waals surface area contributed by atoms with Crippen LogP contribution in [0.5, 0.6) is 0 Å². The minimum absolute atomic E-state index is 0.0247. The van der Waals surface area contributed by atoms with Crippen molar-refractivity contribution in [2.45, 2.75) is 26.4 Å². The minimum Gasteiger partial charge on any atom is -0.351 e. The lowest BCUT2D eigenvalue weighted by atomic mass is 10.2. The van der Waals surface area contributed by atoms with Gasteiger partial charge in [0.05, 0.1) is 12.1 Å². The predicted octanol–water partition coefficient (Wildman–Crippen LogP) is 1.82. The molecule has 24 heavy (non-hydrogen) atoms. The third-order valence-corrected chi connectivity index (χ3v) is 3.69. The maximum atomic E-state index is 13.5. The van der Waals surface area contributed by atoms with Gasteiger partial charge in [-0.2, -0.15) is 0 Å². The van der Waals surface area contributed by atoms with Crippen LogP contribution in [0.15, 0.2) is 36.7 Å². The van der Waals surface area contributed by atoms with E-state index in [1.165, 1.54) is 18.2 Å². The largest absolute Gasteiger partial charge is 0.351 e. The maximum absolute atomic E-state index is 13.5. The number of aryl methyl sites for hydroxylation is 1. The molecule has 0 radical (unpaired) electrons. The molecule has 0 aliphatic heterocycles. The Labute approximate surface area is 140 Å². The number of carbonyl (C=O) groups excluding carboxylic acids is 2. The summed E-state index contributed by atoms with van der Waals surface area (Å²) in [4.78, 5) is 29.8. The lowest BCUT2D eigenvalue weighted by Gasteiger charge is -2.17. The van der Waals surface area contributed by atoms with Gasteiger partial charge in [-0.05, 0) is 19.1 Å². The third kappa shape index (κ3) is 4.41. The van der Waals surface area contributed by atoms with Crippen LogP contribution in [0.4, 0.5) is 4.39 Å². The summed E-state index contributed by atoms with van der Waals surface area (Å²) in [6, 6.07) is 5.74. The van der Waals surface area contributed by atoms with E-state index in [0.29, 0.717) is 6.54 Å². The van der Waals surface area contributed by atoms with E-state index in [4.69, 9.17) is 0 Å². The summed E-state index contributed by atoms with van der Waals surface area (Å²) in [5.74, 6) is -0.409. The highest BCUT2D eigenvalue weighted by molar-refractivity contribution is 5.94. The van der Waals surface area contributed by atoms with Gasteiger partial charge in [0.15, 0.2) is 0 Å². The van der Waals surface area contributed by atoms with Crippen LogP contribution in [0.25, 0.3) is 0 Å². The molecule has 0 saturated carbocycles. The van der Waals surface area contributed by atoms with Gasteiger partial charge in [-0.1, -0.05) is 12.1 Å². The van der Waals surface area contributed by atoms with Crippen LogP contribution < -0.4 is 5.32 Å². The molecule has 1 aromatic heterocycles. The first-order valence-corrected chi connectivity index (χ1v) is 7.79. The molecule has 1 aromatic carbocycles. The second kappa shape index (κ2) is 8.24. The zero-order valence-corrected chi connectivity index (χ0v) is 13.8. The zero-order chi connectivity index (χ0) is 17.5. The fourth-order valence-electron chi connectivity index (χ4n) is 2.29.